The Hall–Kier alpha value is -1.43. The SMILES string of the molecule is CCOC1CCC(Cl)(c2ccc3c(c2)CNCc2nncn2-3)CC1. The number of fused-ring (bicyclic) bond motifs is 3. The molecule has 6 heteroatoms. The van der Waals surface area contributed by atoms with Crippen molar-refractivity contribution in [1.29, 1.82) is 0 Å². The van der Waals surface area contributed by atoms with Gasteiger partial charge in [0, 0.05) is 13.2 Å². The molecule has 0 unspecified atom stereocenters. The summed E-state index contributed by atoms with van der Waals surface area (Å²) in [5.74, 6) is 0.944. The third-order valence-electron chi connectivity index (χ3n) is 5.20. The van der Waals surface area contributed by atoms with Crippen LogP contribution in [-0.4, -0.2) is 27.5 Å². The Morgan fingerprint density at radius 3 is 2.96 bits per heavy atom. The van der Waals surface area contributed by atoms with Gasteiger partial charge < -0.3 is 10.1 Å². The van der Waals surface area contributed by atoms with Gasteiger partial charge in [-0.05, 0) is 49.8 Å². The van der Waals surface area contributed by atoms with Crippen LogP contribution in [0.2, 0.25) is 0 Å². The summed E-state index contributed by atoms with van der Waals surface area (Å²) in [6.07, 6.45) is 6.13. The maximum absolute atomic E-state index is 7.02. The zero-order valence-electron chi connectivity index (χ0n) is 14.0. The lowest BCUT2D eigenvalue weighted by Crippen LogP contribution is -2.30. The van der Waals surface area contributed by atoms with Gasteiger partial charge in [-0.2, -0.15) is 0 Å². The molecule has 0 saturated heterocycles. The van der Waals surface area contributed by atoms with Crippen LogP contribution in [0.25, 0.3) is 5.69 Å². The Morgan fingerprint density at radius 1 is 1.33 bits per heavy atom. The summed E-state index contributed by atoms with van der Waals surface area (Å²) in [4.78, 5) is -0.273. The molecule has 2 aromatic rings. The fraction of sp³-hybridized carbons (Fsp3) is 0.556. The van der Waals surface area contributed by atoms with E-state index in [1.165, 1.54) is 11.1 Å². The smallest absolute Gasteiger partial charge is 0.151 e. The van der Waals surface area contributed by atoms with Crippen molar-refractivity contribution in [1.82, 2.24) is 20.1 Å². The van der Waals surface area contributed by atoms with E-state index in [0.29, 0.717) is 6.10 Å². The molecule has 2 heterocycles. The average molecular weight is 347 g/mol. The van der Waals surface area contributed by atoms with Gasteiger partial charge in [-0.15, -0.1) is 21.8 Å². The van der Waals surface area contributed by atoms with Crippen LogP contribution in [0.3, 0.4) is 0 Å². The number of benzene rings is 1. The monoisotopic (exact) mass is 346 g/mol. The van der Waals surface area contributed by atoms with Gasteiger partial charge in [0.25, 0.3) is 0 Å². The molecule has 128 valence electrons. The van der Waals surface area contributed by atoms with E-state index in [-0.39, 0.29) is 4.87 Å². The van der Waals surface area contributed by atoms with E-state index < -0.39 is 0 Å². The zero-order valence-corrected chi connectivity index (χ0v) is 14.7. The van der Waals surface area contributed by atoms with Crippen molar-refractivity contribution in [3.63, 3.8) is 0 Å². The maximum Gasteiger partial charge on any atom is 0.151 e. The quantitative estimate of drug-likeness (QED) is 0.866. The van der Waals surface area contributed by atoms with Crippen molar-refractivity contribution in [2.75, 3.05) is 6.61 Å². The van der Waals surface area contributed by atoms with Gasteiger partial charge in [-0.1, -0.05) is 12.1 Å². The van der Waals surface area contributed by atoms with Crippen LogP contribution in [0.4, 0.5) is 0 Å². The second kappa shape index (κ2) is 6.47. The first-order valence-electron chi connectivity index (χ1n) is 8.73. The Morgan fingerprint density at radius 2 is 2.17 bits per heavy atom. The Labute approximate surface area is 147 Å². The molecule has 4 rings (SSSR count). The lowest BCUT2D eigenvalue weighted by molar-refractivity contribution is 0.0289. The summed E-state index contributed by atoms with van der Waals surface area (Å²) >= 11 is 7.02. The van der Waals surface area contributed by atoms with E-state index in [0.717, 1.165) is 56.9 Å². The number of rotatable bonds is 3. The summed E-state index contributed by atoms with van der Waals surface area (Å²) in [5, 5.41) is 11.6. The molecule has 1 aromatic carbocycles. The molecule has 1 saturated carbocycles. The molecule has 24 heavy (non-hydrogen) atoms. The standard InChI is InChI=1S/C18H23ClN4O/c1-2-24-15-5-7-18(19,8-6-15)14-3-4-16-13(9-14)10-20-11-17-22-21-12-23(16)17/h3-4,9,12,15,20H,2,5-8,10-11H2,1H3. The van der Waals surface area contributed by atoms with E-state index in [4.69, 9.17) is 16.3 Å². The van der Waals surface area contributed by atoms with Gasteiger partial charge in [-0.25, -0.2) is 0 Å². The number of ether oxygens (including phenoxy) is 1. The third-order valence-corrected chi connectivity index (χ3v) is 5.80. The number of alkyl halides is 1. The predicted molar refractivity (Wildman–Crippen MR) is 93.3 cm³/mol. The first kappa shape index (κ1) is 16.1. The van der Waals surface area contributed by atoms with Gasteiger partial charge >= 0.3 is 0 Å². The van der Waals surface area contributed by atoms with Crippen LogP contribution < -0.4 is 5.32 Å². The number of hydrogen-bond acceptors (Lipinski definition) is 4. The van der Waals surface area contributed by atoms with E-state index in [1.54, 1.807) is 6.33 Å². The molecule has 1 aromatic heterocycles. The normalized spacial score (nSPS) is 26.5. The van der Waals surface area contributed by atoms with Gasteiger partial charge in [0.15, 0.2) is 5.82 Å². The van der Waals surface area contributed by atoms with Crippen molar-refractivity contribution >= 4 is 11.6 Å². The van der Waals surface area contributed by atoms with Gasteiger partial charge in [-0.3, -0.25) is 4.57 Å². The maximum atomic E-state index is 7.02. The van der Waals surface area contributed by atoms with Gasteiger partial charge in [0.05, 0.1) is 23.2 Å². The lowest BCUT2D eigenvalue weighted by atomic mass is 9.81. The van der Waals surface area contributed by atoms with Crippen LogP contribution >= 0.6 is 11.6 Å². The van der Waals surface area contributed by atoms with Crippen LogP contribution in [-0.2, 0) is 22.7 Å². The molecule has 0 bridgehead atoms. The summed E-state index contributed by atoms with van der Waals surface area (Å²) in [6, 6.07) is 6.58. The minimum absolute atomic E-state index is 0.273. The Kier molecular flexibility index (Phi) is 4.33. The molecule has 0 spiro atoms. The van der Waals surface area contributed by atoms with Crippen molar-refractivity contribution in [3.8, 4) is 5.69 Å². The number of halogens is 1. The first-order chi connectivity index (χ1) is 11.7. The lowest BCUT2D eigenvalue weighted by Gasteiger charge is -2.36. The molecule has 1 fully saturated rings. The van der Waals surface area contributed by atoms with Crippen LogP contribution in [0, 0.1) is 0 Å². The molecule has 5 nitrogen and oxygen atoms in total. The van der Waals surface area contributed by atoms with Crippen molar-refractivity contribution < 1.29 is 4.74 Å². The Bertz CT molecular complexity index is 722. The fourth-order valence-electron chi connectivity index (χ4n) is 3.87. The summed E-state index contributed by atoms with van der Waals surface area (Å²) in [6.45, 7) is 4.39. The molecule has 2 aliphatic rings. The fourth-order valence-corrected chi connectivity index (χ4v) is 4.21. The second-order valence-corrected chi connectivity index (χ2v) is 7.41. The number of hydrogen-bond donors (Lipinski definition) is 1. The summed E-state index contributed by atoms with van der Waals surface area (Å²) in [7, 11) is 0. The second-order valence-electron chi connectivity index (χ2n) is 6.68. The minimum Gasteiger partial charge on any atom is -0.379 e. The van der Waals surface area contributed by atoms with Crippen molar-refractivity contribution in [3.05, 3.63) is 41.5 Å². The topological polar surface area (TPSA) is 52.0 Å². The minimum atomic E-state index is -0.273. The number of aromatic nitrogens is 3. The number of nitrogens with zero attached hydrogens (tertiary/aromatic N) is 3. The Balaban J connectivity index is 1.61. The largest absolute Gasteiger partial charge is 0.379 e. The van der Waals surface area contributed by atoms with Crippen LogP contribution in [0.15, 0.2) is 24.5 Å². The third kappa shape index (κ3) is 2.85. The average Bonchev–Trinajstić information content (AvgIpc) is 2.99. The predicted octanol–water partition coefficient (Wildman–Crippen LogP) is 3.28. The molecule has 0 atom stereocenters. The van der Waals surface area contributed by atoms with E-state index in [1.807, 2.05) is 0 Å². The first-order valence-corrected chi connectivity index (χ1v) is 9.11. The molecular formula is C18H23ClN4O. The van der Waals surface area contributed by atoms with Crippen LogP contribution in [0.5, 0.6) is 0 Å². The number of nitrogens with one attached hydrogen (secondary N) is 1. The van der Waals surface area contributed by atoms with Crippen molar-refractivity contribution in [2.45, 2.75) is 56.7 Å². The molecule has 0 radical (unpaired) electrons. The van der Waals surface area contributed by atoms with E-state index >= 15 is 0 Å². The molecule has 1 aliphatic carbocycles. The van der Waals surface area contributed by atoms with E-state index in [2.05, 4.69) is 45.2 Å². The van der Waals surface area contributed by atoms with Gasteiger partial charge in [0.2, 0.25) is 0 Å². The highest BCUT2D eigenvalue weighted by Crippen LogP contribution is 2.44. The highest BCUT2D eigenvalue weighted by molar-refractivity contribution is 6.24. The van der Waals surface area contributed by atoms with Crippen molar-refractivity contribution in [2.24, 2.45) is 0 Å². The summed E-state index contributed by atoms with van der Waals surface area (Å²) < 4.78 is 7.82. The van der Waals surface area contributed by atoms with Crippen LogP contribution in [0.1, 0.15) is 49.6 Å². The highest BCUT2D eigenvalue weighted by atomic mass is 35.5. The molecule has 1 N–H and O–H groups in total. The molecule has 1 aliphatic heterocycles. The van der Waals surface area contributed by atoms with Gasteiger partial charge in [0.1, 0.15) is 6.33 Å². The molecular weight excluding hydrogens is 324 g/mol. The van der Waals surface area contributed by atoms with E-state index in [9.17, 15) is 0 Å². The molecule has 0 amide bonds. The highest BCUT2D eigenvalue weighted by Gasteiger charge is 2.35. The summed E-state index contributed by atoms with van der Waals surface area (Å²) in [5.41, 5.74) is 3.61. The zero-order chi connectivity index (χ0) is 16.6.